The molecule has 2 aliphatic rings. The monoisotopic (exact) mass is 454 g/mol. The zero-order valence-electron chi connectivity index (χ0n) is 15.5. The normalized spacial score (nSPS) is 23.9. The molecule has 6 nitrogen and oxygen atoms in total. The van der Waals surface area contributed by atoms with Crippen molar-refractivity contribution in [3.63, 3.8) is 0 Å². The summed E-state index contributed by atoms with van der Waals surface area (Å²) in [5, 5.41) is 3.91. The van der Waals surface area contributed by atoms with Crippen LogP contribution in [-0.2, 0) is 9.59 Å². The van der Waals surface area contributed by atoms with E-state index in [9.17, 15) is 9.59 Å². The molecule has 1 aromatic rings. The van der Waals surface area contributed by atoms with E-state index in [0.29, 0.717) is 22.8 Å². The van der Waals surface area contributed by atoms with Gasteiger partial charge in [-0.3, -0.25) is 0 Å². The Morgan fingerprint density at radius 3 is 2.81 bits per heavy atom. The number of likely N-dealkylation sites (tertiary alicyclic amines) is 1. The third-order valence-corrected chi connectivity index (χ3v) is 7.93. The van der Waals surface area contributed by atoms with Gasteiger partial charge in [0.2, 0.25) is 0 Å². The number of nitrogens with one attached hydrogen (secondary N) is 1. The Kier molecular flexibility index (Phi) is 7.21. The van der Waals surface area contributed by atoms with Gasteiger partial charge < -0.3 is 0 Å². The molecular formula is C19H26AsClN3O3. The molecule has 0 aromatic heterocycles. The van der Waals surface area contributed by atoms with Crippen LogP contribution in [0.1, 0.15) is 24.8 Å². The molecule has 2 fully saturated rings. The Labute approximate surface area is 171 Å². The number of aryl methyl sites for hydroxylation is 1. The summed E-state index contributed by atoms with van der Waals surface area (Å²) in [4.78, 5) is 26.2. The summed E-state index contributed by atoms with van der Waals surface area (Å²) < 4.78 is 6.52. The van der Waals surface area contributed by atoms with Gasteiger partial charge in [0.15, 0.2) is 0 Å². The van der Waals surface area contributed by atoms with E-state index in [4.69, 9.17) is 22.1 Å². The number of carbonyl (C=O) groups excluding carboxylic acids is 2. The maximum atomic E-state index is 12.8. The molecular weight excluding hydrogens is 429 g/mol. The maximum absolute atomic E-state index is 12.8. The van der Waals surface area contributed by atoms with E-state index >= 15 is 0 Å². The van der Waals surface area contributed by atoms with Crippen molar-refractivity contribution in [2.45, 2.75) is 43.0 Å². The summed E-state index contributed by atoms with van der Waals surface area (Å²) >= 11 is 5.78. The predicted octanol–water partition coefficient (Wildman–Crippen LogP) is 1.36. The number of benzene rings is 1. The van der Waals surface area contributed by atoms with Crippen LogP contribution in [0.15, 0.2) is 18.2 Å². The average molecular weight is 455 g/mol. The van der Waals surface area contributed by atoms with Crippen LogP contribution in [-0.4, -0.2) is 69.5 Å². The quantitative estimate of drug-likeness (QED) is 0.634. The summed E-state index contributed by atoms with van der Waals surface area (Å²) in [6.45, 7) is 4.24. The second kappa shape index (κ2) is 9.42. The van der Waals surface area contributed by atoms with E-state index < -0.39 is 15.8 Å². The fourth-order valence-electron chi connectivity index (χ4n) is 3.55. The van der Waals surface area contributed by atoms with Crippen molar-refractivity contribution in [1.29, 1.82) is 0 Å². The second-order valence-corrected chi connectivity index (χ2v) is 10.7. The Hall–Kier alpha value is -1.07. The van der Waals surface area contributed by atoms with Gasteiger partial charge in [-0.15, -0.1) is 0 Å². The number of hydrogen-bond donors (Lipinski definition) is 2. The van der Waals surface area contributed by atoms with Crippen LogP contribution >= 0.6 is 11.6 Å². The second-order valence-electron chi connectivity index (χ2n) is 7.15. The third kappa shape index (κ3) is 5.47. The molecule has 3 N–H and O–H groups in total. The number of halogens is 1. The average Bonchev–Trinajstić information content (AvgIpc) is 3.13. The van der Waals surface area contributed by atoms with E-state index in [1.165, 1.54) is 0 Å². The Morgan fingerprint density at radius 1 is 1.37 bits per heavy atom. The summed E-state index contributed by atoms with van der Waals surface area (Å²) in [7, 11) is 0. The van der Waals surface area contributed by atoms with Crippen molar-refractivity contribution in [1.82, 2.24) is 10.2 Å². The molecule has 147 valence electrons. The van der Waals surface area contributed by atoms with Gasteiger partial charge in [-0.25, -0.2) is 0 Å². The number of rotatable bonds is 6. The molecule has 0 saturated carbocycles. The molecule has 0 bridgehead atoms. The van der Waals surface area contributed by atoms with Gasteiger partial charge in [0, 0.05) is 0 Å². The number of ether oxygens (including phenoxy) is 1. The van der Waals surface area contributed by atoms with E-state index in [1.807, 2.05) is 30.0 Å². The van der Waals surface area contributed by atoms with Crippen LogP contribution < -0.4 is 15.8 Å². The van der Waals surface area contributed by atoms with Crippen molar-refractivity contribution >= 4 is 37.8 Å². The number of amides is 1. The molecule has 0 unspecified atom stereocenters. The number of nitrogens with two attached hydrogens (primary N) is 1. The van der Waals surface area contributed by atoms with Crippen molar-refractivity contribution < 1.29 is 14.3 Å². The van der Waals surface area contributed by atoms with Crippen molar-refractivity contribution in [2.24, 2.45) is 5.73 Å². The first-order chi connectivity index (χ1) is 13.0. The zero-order valence-corrected chi connectivity index (χ0v) is 18.1. The molecule has 8 heteroatoms. The summed E-state index contributed by atoms with van der Waals surface area (Å²) in [6, 6.07) is 5.60. The van der Waals surface area contributed by atoms with E-state index in [-0.39, 0.29) is 29.2 Å². The Morgan fingerprint density at radius 2 is 2.11 bits per heavy atom. The number of hydrogen-bond acceptors (Lipinski definition) is 5. The fraction of sp³-hybridized carbons (Fsp3) is 0.579. The van der Waals surface area contributed by atoms with Crippen molar-refractivity contribution in [3.05, 3.63) is 28.8 Å². The standard InChI is InChI=1S/C19H26AsClN3O3/c1-12-2-3-15(21)17(8-12)27-14-4-6-24(7-5-14)19(26)16-9-13(11-23-16)20-18(25)10-22/h2-3,8,13-14,16,23H,4-7,9-11,22H2,1H3/t13-,16+/m1/s1. The first kappa shape index (κ1) is 20.7. The van der Waals surface area contributed by atoms with Gasteiger partial charge >= 0.3 is 159 Å². The van der Waals surface area contributed by atoms with Gasteiger partial charge in [0.25, 0.3) is 0 Å². The van der Waals surface area contributed by atoms with Gasteiger partial charge in [-0.1, -0.05) is 6.07 Å². The van der Waals surface area contributed by atoms with Gasteiger partial charge in [-0.05, 0) is 6.92 Å². The third-order valence-electron chi connectivity index (χ3n) is 5.04. The molecule has 3 rings (SSSR count). The molecule has 0 spiro atoms. The van der Waals surface area contributed by atoms with E-state index in [2.05, 4.69) is 5.32 Å². The van der Waals surface area contributed by atoms with Gasteiger partial charge in [-0.2, -0.15) is 0 Å². The van der Waals surface area contributed by atoms with Gasteiger partial charge in [0.05, 0.1) is 0 Å². The van der Waals surface area contributed by atoms with Crippen LogP contribution in [0, 0.1) is 6.92 Å². The molecule has 2 aliphatic heterocycles. The van der Waals surface area contributed by atoms with Crippen LogP contribution in [0.3, 0.4) is 0 Å². The van der Waals surface area contributed by atoms with Crippen LogP contribution in [0.5, 0.6) is 5.75 Å². The Bertz CT molecular complexity index is 695. The Balaban J connectivity index is 1.47. The SMILES string of the molecule is Cc1ccc(Cl)c(OC2CCN(C(=O)[C@@H]3C[C@@H]([As]C(=O)CN)CN3)CC2)c1. The molecule has 1 amide bonds. The molecule has 2 heterocycles. The molecule has 1 radical (unpaired) electrons. The first-order valence-electron chi connectivity index (χ1n) is 9.35. The molecule has 0 aliphatic carbocycles. The number of nitrogens with zero attached hydrogens (tertiary/aromatic N) is 1. The van der Waals surface area contributed by atoms with Crippen LogP contribution in [0.25, 0.3) is 0 Å². The summed E-state index contributed by atoms with van der Waals surface area (Å²) in [5.41, 5.74) is 6.52. The number of carbonyl (C=O) groups is 2. The summed E-state index contributed by atoms with van der Waals surface area (Å²) in [5.74, 6) is 0.862. The fourth-order valence-corrected chi connectivity index (χ4v) is 5.87. The van der Waals surface area contributed by atoms with Crippen molar-refractivity contribution in [2.75, 3.05) is 26.2 Å². The molecule has 2 atom stereocenters. The van der Waals surface area contributed by atoms with Gasteiger partial charge in [0.1, 0.15) is 0 Å². The number of piperidine rings is 1. The molecule has 27 heavy (non-hydrogen) atoms. The first-order valence-corrected chi connectivity index (χ1v) is 11.7. The van der Waals surface area contributed by atoms with E-state index in [0.717, 1.165) is 37.1 Å². The van der Waals surface area contributed by atoms with Crippen molar-refractivity contribution in [3.8, 4) is 5.75 Å². The van der Waals surface area contributed by atoms with Crippen LogP contribution in [0.4, 0.5) is 0 Å². The van der Waals surface area contributed by atoms with E-state index in [1.54, 1.807) is 0 Å². The summed E-state index contributed by atoms with van der Waals surface area (Å²) in [6.07, 6.45) is 2.41. The minimum atomic E-state index is -0.431. The topological polar surface area (TPSA) is 84.7 Å². The van der Waals surface area contributed by atoms with Crippen LogP contribution in [0.2, 0.25) is 9.73 Å². The predicted molar refractivity (Wildman–Crippen MR) is 106 cm³/mol. The minimum absolute atomic E-state index is 0.0739. The molecule has 1 aromatic carbocycles. The zero-order chi connectivity index (χ0) is 19.4. The molecule has 2 saturated heterocycles.